The van der Waals surface area contributed by atoms with Crippen LogP contribution in [0.15, 0.2) is 23.0 Å². The van der Waals surface area contributed by atoms with Gasteiger partial charge in [-0.2, -0.15) is 0 Å². The molecule has 0 saturated carbocycles. The molecule has 1 unspecified atom stereocenters. The predicted molar refractivity (Wildman–Crippen MR) is 88.6 cm³/mol. The summed E-state index contributed by atoms with van der Waals surface area (Å²) in [5.74, 6) is -0.180. The Morgan fingerprint density at radius 3 is 2.83 bits per heavy atom. The average molecular weight is 340 g/mol. The Balaban J connectivity index is 2.57. The maximum absolute atomic E-state index is 14.2. The number of nitrogens with zero attached hydrogens (tertiary/aromatic N) is 1. The number of halogens is 2. The lowest BCUT2D eigenvalue weighted by Crippen LogP contribution is -2.22. The van der Waals surface area contributed by atoms with Crippen molar-refractivity contribution in [1.29, 1.82) is 0 Å². The van der Waals surface area contributed by atoms with Crippen molar-refractivity contribution in [3.63, 3.8) is 0 Å². The zero-order valence-electron chi connectivity index (χ0n) is 13.2. The smallest absolute Gasteiger partial charge is 0.255 e. The molecule has 0 radical (unpaired) electrons. The summed E-state index contributed by atoms with van der Waals surface area (Å²) in [5.41, 5.74) is 0.558. The number of aromatic nitrogens is 2. The minimum Gasteiger partial charge on any atom is -0.370 e. The van der Waals surface area contributed by atoms with Gasteiger partial charge in [0, 0.05) is 29.8 Å². The first kappa shape index (κ1) is 17.4. The average Bonchev–Trinajstić information content (AvgIpc) is 2.52. The molecule has 2 rings (SSSR count). The largest absolute Gasteiger partial charge is 0.370 e. The van der Waals surface area contributed by atoms with E-state index in [1.165, 1.54) is 19.2 Å². The molecular formula is C16H19ClFN3O2. The summed E-state index contributed by atoms with van der Waals surface area (Å²) in [4.78, 5) is 19.2. The van der Waals surface area contributed by atoms with E-state index in [9.17, 15) is 9.18 Å². The fraction of sp³-hybridized carbons (Fsp3) is 0.375. The topological polar surface area (TPSA) is 67.0 Å². The van der Waals surface area contributed by atoms with Crippen LogP contribution in [0.25, 0.3) is 0 Å². The van der Waals surface area contributed by atoms with Crippen LogP contribution in [0.2, 0.25) is 5.02 Å². The molecule has 0 amide bonds. The van der Waals surface area contributed by atoms with Gasteiger partial charge in [0.25, 0.3) is 5.56 Å². The number of anilines is 1. The first-order chi connectivity index (χ1) is 11.0. The lowest BCUT2D eigenvalue weighted by atomic mass is 10.0. The number of benzene rings is 1. The van der Waals surface area contributed by atoms with Gasteiger partial charge in [0.05, 0.1) is 5.69 Å². The molecule has 1 atom stereocenters. The monoisotopic (exact) mass is 339 g/mol. The Labute approximate surface area is 138 Å². The van der Waals surface area contributed by atoms with E-state index in [2.05, 4.69) is 15.3 Å². The zero-order valence-corrected chi connectivity index (χ0v) is 14.0. The van der Waals surface area contributed by atoms with Crippen LogP contribution in [0.5, 0.6) is 0 Å². The van der Waals surface area contributed by atoms with Gasteiger partial charge in [0.2, 0.25) is 5.95 Å². The molecule has 0 bridgehead atoms. The maximum atomic E-state index is 14.2. The van der Waals surface area contributed by atoms with Crippen LogP contribution < -0.4 is 10.9 Å². The highest BCUT2D eigenvalue weighted by Crippen LogP contribution is 2.33. The van der Waals surface area contributed by atoms with Gasteiger partial charge in [0.15, 0.2) is 0 Å². The lowest BCUT2D eigenvalue weighted by Gasteiger charge is -2.19. The minimum atomic E-state index is -0.867. The van der Waals surface area contributed by atoms with Crippen LogP contribution in [-0.4, -0.2) is 23.6 Å². The molecule has 2 N–H and O–H groups in total. The third-order valence-corrected chi connectivity index (χ3v) is 3.81. The van der Waals surface area contributed by atoms with Crippen molar-refractivity contribution in [3.8, 4) is 0 Å². The third-order valence-electron chi connectivity index (χ3n) is 3.48. The summed E-state index contributed by atoms with van der Waals surface area (Å²) in [7, 11) is 1.43. The maximum Gasteiger partial charge on any atom is 0.255 e. The van der Waals surface area contributed by atoms with E-state index in [0.717, 1.165) is 6.42 Å². The fourth-order valence-corrected chi connectivity index (χ4v) is 2.52. The van der Waals surface area contributed by atoms with Gasteiger partial charge < -0.3 is 10.1 Å². The zero-order chi connectivity index (χ0) is 17.0. The van der Waals surface area contributed by atoms with Crippen LogP contribution in [0, 0.1) is 12.7 Å². The second kappa shape index (κ2) is 7.57. The van der Waals surface area contributed by atoms with E-state index < -0.39 is 11.9 Å². The minimum absolute atomic E-state index is 0.166. The summed E-state index contributed by atoms with van der Waals surface area (Å²) in [6.07, 6.45) is 0.00734. The molecule has 0 saturated heterocycles. The molecule has 0 aliphatic heterocycles. The normalized spacial score (nSPS) is 12.2. The highest BCUT2D eigenvalue weighted by Gasteiger charge is 2.25. The molecule has 0 fully saturated rings. The van der Waals surface area contributed by atoms with Gasteiger partial charge >= 0.3 is 0 Å². The number of hydrogen-bond donors (Lipinski definition) is 2. The summed E-state index contributed by atoms with van der Waals surface area (Å²) < 4.78 is 19.6. The van der Waals surface area contributed by atoms with E-state index in [0.29, 0.717) is 23.8 Å². The summed E-state index contributed by atoms with van der Waals surface area (Å²) >= 11 is 6.12. The number of nitrogens with one attached hydrogen (secondary N) is 2. The van der Waals surface area contributed by atoms with Gasteiger partial charge in [0.1, 0.15) is 11.9 Å². The first-order valence-electron chi connectivity index (χ1n) is 7.31. The number of aromatic amines is 1. The molecule has 2 aromatic rings. The van der Waals surface area contributed by atoms with E-state index in [1.807, 2.05) is 6.92 Å². The molecular weight excluding hydrogens is 321 g/mol. The summed E-state index contributed by atoms with van der Waals surface area (Å²) in [5, 5.41) is 3.24. The van der Waals surface area contributed by atoms with Crippen LogP contribution in [0.4, 0.5) is 10.3 Å². The molecule has 0 aliphatic rings. The van der Waals surface area contributed by atoms with Crippen molar-refractivity contribution < 1.29 is 9.13 Å². The Hall–Kier alpha value is -1.92. The van der Waals surface area contributed by atoms with Crippen molar-refractivity contribution in [1.82, 2.24) is 9.97 Å². The number of rotatable bonds is 6. The van der Waals surface area contributed by atoms with E-state index >= 15 is 0 Å². The second-order valence-corrected chi connectivity index (χ2v) is 5.51. The molecule has 124 valence electrons. The lowest BCUT2D eigenvalue weighted by molar-refractivity contribution is 0.129. The molecule has 1 aromatic heterocycles. The molecule has 0 spiro atoms. The van der Waals surface area contributed by atoms with E-state index in [4.69, 9.17) is 16.3 Å². The number of methoxy groups -OCH3 is 1. The Morgan fingerprint density at radius 2 is 2.22 bits per heavy atom. The molecule has 5 nitrogen and oxygen atoms in total. The van der Waals surface area contributed by atoms with E-state index in [-0.39, 0.29) is 16.1 Å². The van der Waals surface area contributed by atoms with Gasteiger partial charge in [-0.3, -0.25) is 9.78 Å². The Kier molecular flexibility index (Phi) is 5.74. The van der Waals surface area contributed by atoms with Crippen molar-refractivity contribution in [2.24, 2.45) is 0 Å². The molecule has 1 aromatic carbocycles. The third kappa shape index (κ3) is 3.71. The number of ether oxygens (including phenoxy) is 1. The SMILES string of the molecule is CCCNc1nc(C(OC)c2c(F)cccc2Cl)c(C)c(=O)[nH]1. The van der Waals surface area contributed by atoms with Crippen molar-refractivity contribution in [2.75, 3.05) is 19.0 Å². The Bertz CT molecular complexity index is 728. The fourth-order valence-electron chi connectivity index (χ4n) is 2.26. The highest BCUT2D eigenvalue weighted by molar-refractivity contribution is 6.31. The van der Waals surface area contributed by atoms with E-state index in [1.54, 1.807) is 13.0 Å². The second-order valence-electron chi connectivity index (χ2n) is 5.10. The van der Waals surface area contributed by atoms with Crippen molar-refractivity contribution in [3.05, 3.63) is 56.2 Å². The molecule has 1 heterocycles. The number of H-pyrrole nitrogens is 1. The first-order valence-corrected chi connectivity index (χ1v) is 7.68. The molecule has 0 aliphatic carbocycles. The summed E-state index contributed by atoms with van der Waals surface area (Å²) in [6, 6.07) is 4.39. The van der Waals surface area contributed by atoms with Gasteiger partial charge in [-0.15, -0.1) is 0 Å². The summed E-state index contributed by atoms with van der Waals surface area (Å²) in [6.45, 7) is 4.27. The van der Waals surface area contributed by atoms with Crippen molar-refractivity contribution >= 4 is 17.5 Å². The molecule has 23 heavy (non-hydrogen) atoms. The van der Waals surface area contributed by atoms with Crippen LogP contribution in [0.1, 0.15) is 36.3 Å². The quantitative estimate of drug-likeness (QED) is 0.846. The van der Waals surface area contributed by atoms with Gasteiger partial charge in [-0.1, -0.05) is 24.6 Å². The van der Waals surface area contributed by atoms with Crippen LogP contribution >= 0.6 is 11.6 Å². The highest BCUT2D eigenvalue weighted by atomic mass is 35.5. The van der Waals surface area contributed by atoms with Gasteiger partial charge in [-0.25, -0.2) is 9.37 Å². The van der Waals surface area contributed by atoms with Crippen LogP contribution in [-0.2, 0) is 4.74 Å². The van der Waals surface area contributed by atoms with Crippen LogP contribution in [0.3, 0.4) is 0 Å². The Morgan fingerprint density at radius 1 is 1.48 bits per heavy atom. The standard InChI is InChI=1S/C16H19ClFN3O2/c1-4-8-19-16-20-13(9(2)15(22)21-16)14(23-3)12-10(17)6-5-7-11(12)18/h5-7,14H,4,8H2,1-3H3,(H2,19,20,21,22). The molecule has 7 heteroatoms. The number of hydrogen-bond acceptors (Lipinski definition) is 4. The van der Waals surface area contributed by atoms with Gasteiger partial charge in [-0.05, 0) is 25.5 Å². The predicted octanol–water partition coefficient (Wildman–Crippen LogP) is 3.43. The van der Waals surface area contributed by atoms with Crippen molar-refractivity contribution in [2.45, 2.75) is 26.4 Å².